The Morgan fingerprint density at radius 1 is 1.10 bits per heavy atom. The van der Waals surface area contributed by atoms with Gasteiger partial charge < -0.3 is 15.1 Å². The Morgan fingerprint density at radius 2 is 1.76 bits per heavy atom. The van der Waals surface area contributed by atoms with Gasteiger partial charge in [-0.05, 0) is 31.9 Å². The molecule has 1 aromatic rings. The van der Waals surface area contributed by atoms with E-state index in [0.717, 1.165) is 30.7 Å². The molecule has 0 bridgehead atoms. The summed E-state index contributed by atoms with van der Waals surface area (Å²) in [5.74, 6) is 0. The molecular weight excluding hydrogens is 268 g/mol. The third-order valence-corrected chi connectivity index (χ3v) is 3.14. The third kappa shape index (κ3) is 8.45. The van der Waals surface area contributed by atoms with E-state index in [9.17, 15) is 0 Å². The summed E-state index contributed by atoms with van der Waals surface area (Å²) in [5, 5.41) is 22.0. The highest BCUT2D eigenvalue weighted by Gasteiger charge is 2.03. The lowest BCUT2D eigenvalue weighted by Gasteiger charge is -2.19. The molecule has 118 valence electrons. The van der Waals surface area contributed by atoms with E-state index in [2.05, 4.69) is 5.16 Å². The predicted molar refractivity (Wildman–Crippen MR) is 84.2 cm³/mol. The van der Waals surface area contributed by atoms with E-state index >= 15 is 0 Å². The Labute approximate surface area is 126 Å². The molecule has 0 amide bonds. The van der Waals surface area contributed by atoms with Crippen LogP contribution in [0, 0.1) is 0 Å². The van der Waals surface area contributed by atoms with E-state index in [-0.39, 0.29) is 13.2 Å². The highest BCUT2D eigenvalue weighted by atomic mass is 16.6. The van der Waals surface area contributed by atoms with Crippen molar-refractivity contribution in [2.24, 2.45) is 5.16 Å². The molecule has 0 spiro atoms. The van der Waals surface area contributed by atoms with E-state index in [4.69, 9.17) is 15.1 Å². The summed E-state index contributed by atoms with van der Waals surface area (Å²) in [6.07, 6.45) is 1.78. The van der Waals surface area contributed by atoms with E-state index in [1.807, 2.05) is 42.2 Å². The highest BCUT2D eigenvalue weighted by molar-refractivity contribution is 5.81. The summed E-state index contributed by atoms with van der Waals surface area (Å²) >= 11 is 0. The maximum atomic E-state index is 8.93. The first kappa shape index (κ1) is 17.6. The second-order valence-corrected chi connectivity index (χ2v) is 4.98. The van der Waals surface area contributed by atoms with Gasteiger partial charge in [0.15, 0.2) is 0 Å². The Kier molecular flexibility index (Phi) is 9.44. The Hall–Kier alpha value is -1.43. The molecule has 0 heterocycles. The van der Waals surface area contributed by atoms with Crippen LogP contribution in [0.15, 0.2) is 35.5 Å². The number of nitrogens with zero attached hydrogens (tertiary/aromatic N) is 2. The van der Waals surface area contributed by atoms with Crippen LogP contribution >= 0.6 is 0 Å². The molecule has 0 aliphatic rings. The normalized spacial score (nSPS) is 11.9. The van der Waals surface area contributed by atoms with Crippen molar-refractivity contribution >= 4 is 5.71 Å². The van der Waals surface area contributed by atoms with Gasteiger partial charge in [0, 0.05) is 13.1 Å². The number of benzene rings is 1. The van der Waals surface area contributed by atoms with Crippen LogP contribution in [0.25, 0.3) is 0 Å². The summed E-state index contributed by atoms with van der Waals surface area (Å²) in [7, 11) is 0. The lowest BCUT2D eigenvalue weighted by molar-refractivity contribution is 0.129. The minimum Gasteiger partial charge on any atom is -0.395 e. The van der Waals surface area contributed by atoms with Crippen LogP contribution in [-0.4, -0.2) is 53.7 Å². The zero-order valence-electron chi connectivity index (χ0n) is 12.7. The summed E-state index contributed by atoms with van der Waals surface area (Å²) < 4.78 is 0. The number of rotatable bonds is 11. The molecule has 0 fully saturated rings. The number of aliphatic hydroxyl groups excluding tert-OH is 2. The van der Waals surface area contributed by atoms with Crippen LogP contribution < -0.4 is 0 Å². The zero-order valence-corrected chi connectivity index (χ0v) is 12.7. The van der Waals surface area contributed by atoms with E-state index in [1.165, 1.54) is 0 Å². The smallest absolute Gasteiger partial charge is 0.142 e. The van der Waals surface area contributed by atoms with Gasteiger partial charge in [-0.3, -0.25) is 4.90 Å². The average molecular weight is 294 g/mol. The van der Waals surface area contributed by atoms with Gasteiger partial charge in [-0.2, -0.15) is 0 Å². The monoisotopic (exact) mass is 294 g/mol. The molecule has 21 heavy (non-hydrogen) atoms. The predicted octanol–water partition coefficient (Wildman–Crippen LogP) is 1.65. The van der Waals surface area contributed by atoms with Crippen LogP contribution in [0.5, 0.6) is 0 Å². The summed E-state index contributed by atoms with van der Waals surface area (Å²) in [4.78, 5) is 7.37. The second-order valence-electron chi connectivity index (χ2n) is 4.98. The molecule has 0 saturated heterocycles. The Bertz CT molecular complexity index is 390. The van der Waals surface area contributed by atoms with Crippen LogP contribution in [0.1, 0.15) is 25.3 Å². The molecular formula is C16H26N2O3. The number of hydrogen-bond acceptors (Lipinski definition) is 5. The first-order valence-corrected chi connectivity index (χ1v) is 7.39. The van der Waals surface area contributed by atoms with Gasteiger partial charge in [0.2, 0.25) is 0 Å². The molecule has 1 aromatic carbocycles. The molecule has 5 heteroatoms. The molecule has 0 aromatic heterocycles. The minimum atomic E-state index is 0.118. The van der Waals surface area contributed by atoms with Gasteiger partial charge in [0.25, 0.3) is 0 Å². The van der Waals surface area contributed by atoms with Crippen molar-refractivity contribution in [3.05, 3.63) is 35.9 Å². The van der Waals surface area contributed by atoms with Crippen LogP contribution in [0.3, 0.4) is 0 Å². The summed E-state index contributed by atoms with van der Waals surface area (Å²) in [6.45, 7) is 4.71. The molecule has 0 radical (unpaired) electrons. The first-order valence-electron chi connectivity index (χ1n) is 7.39. The molecule has 0 saturated carbocycles. The fourth-order valence-corrected chi connectivity index (χ4v) is 2.01. The Balaban J connectivity index is 2.20. The van der Waals surface area contributed by atoms with E-state index in [1.54, 1.807) is 0 Å². The first-order chi connectivity index (χ1) is 10.3. The molecule has 0 aliphatic carbocycles. The van der Waals surface area contributed by atoms with Gasteiger partial charge in [-0.15, -0.1) is 0 Å². The molecule has 0 unspecified atom stereocenters. The number of aliphatic hydroxyl groups is 2. The van der Waals surface area contributed by atoms with Gasteiger partial charge in [0.1, 0.15) is 6.61 Å². The number of hydrogen-bond donors (Lipinski definition) is 2. The van der Waals surface area contributed by atoms with Crippen molar-refractivity contribution in [2.45, 2.75) is 26.4 Å². The molecule has 0 aliphatic heterocycles. The van der Waals surface area contributed by atoms with Crippen molar-refractivity contribution in [2.75, 3.05) is 32.8 Å². The maximum absolute atomic E-state index is 8.93. The van der Waals surface area contributed by atoms with Gasteiger partial charge in [-0.1, -0.05) is 35.5 Å². The SMILES string of the molecule is CC(CCCN(CCO)CCO)=NOCc1ccccc1. The minimum absolute atomic E-state index is 0.118. The van der Waals surface area contributed by atoms with Crippen molar-refractivity contribution < 1.29 is 15.1 Å². The van der Waals surface area contributed by atoms with E-state index in [0.29, 0.717) is 19.7 Å². The largest absolute Gasteiger partial charge is 0.395 e. The van der Waals surface area contributed by atoms with Crippen molar-refractivity contribution in [3.8, 4) is 0 Å². The molecule has 5 nitrogen and oxygen atoms in total. The van der Waals surface area contributed by atoms with Crippen molar-refractivity contribution in [1.82, 2.24) is 4.90 Å². The summed E-state index contributed by atoms with van der Waals surface area (Å²) in [6, 6.07) is 9.94. The van der Waals surface area contributed by atoms with E-state index < -0.39 is 0 Å². The van der Waals surface area contributed by atoms with Gasteiger partial charge in [-0.25, -0.2) is 0 Å². The summed E-state index contributed by atoms with van der Waals surface area (Å²) in [5.41, 5.74) is 2.06. The fourth-order valence-electron chi connectivity index (χ4n) is 2.01. The molecule has 2 N–H and O–H groups in total. The van der Waals surface area contributed by atoms with Crippen molar-refractivity contribution in [1.29, 1.82) is 0 Å². The topological polar surface area (TPSA) is 65.3 Å². The van der Waals surface area contributed by atoms with Gasteiger partial charge >= 0.3 is 0 Å². The lowest BCUT2D eigenvalue weighted by atomic mass is 10.2. The standard InChI is InChI=1S/C16H26N2O3/c1-15(6-5-9-18(10-12-19)11-13-20)17-21-14-16-7-3-2-4-8-16/h2-4,7-8,19-20H,5-6,9-14H2,1H3. The van der Waals surface area contributed by atoms with Crippen LogP contribution in [0.2, 0.25) is 0 Å². The second kappa shape index (κ2) is 11.3. The zero-order chi connectivity index (χ0) is 15.3. The quantitative estimate of drug-likeness (QED) is 0.481. The molecule has 0 atom stereocenters. The number of oxime groups is 1. The van der Waals surface area contributed by atoms with Crippen LogP contribution in [0.4, 0.5) is 0 Å². The molecule has 1 rings (SSSR count). The average Bonchev–Trinajstić information content (AvgIpc) is 2.49. The Morgan fingerprint density at radius 3 is 2.38 bits per heavy atom. The fraction of sp³-hybridized carbons (Fsp3) is 0.562. The highest BCUT2D eigenvalue weighted by Crippen LogP contribution is 2.02. The van der Waals surface area contributed by atoms with Gasteiger partial charge in [0.05, 0.1) is 18.9 Å². The lowest BCUT2D eigenvalue weighted by Crippen LogP contribution is -2.31. The third-order valence-electron chi connectivity index (χ3n) is 3.14. The van der Waals surface area contributed by atoms with Crippen LogP contribution in [-0.2, 0) is 11.4 Å². The van der Waals surface area contributed by atoms with Crippen molar-refractivity contribution in [3.63, 3.8) is 0 Å². The maximum Gasteiger partial charge on any atom is 0.142 e.